The molecule has 3 aromatic rings. The molecule has 2 heterocycles. The lowest BCUT2D eigenvalue weighted by atomic mass is 10.1. The van der Waals surface area contributed by atoms with E-state index in [4.69, 9.17) is 4.74 Å². The third-order valence-corrected chi connectivity index (χ3v) is 4.22. The molecule has 0 spiro atoms. The second-order valence-corrected chi connectivity index (χ2v) is 5.79. The van der Waals surface area contributed by atoms with Crippen LogP contribution in [-0.2, 0) is 6.54 Å². The van der Waals surface area contributed by atoms with Crippen molar-refractivity contribution in [3.8, 4) is 17.0 Å². The van der Waals surface area contributed by atoms with Crippen LogP contribution in [0.4, 0.5) is 5.13 Å². The van der Waals surface area contributed by atoms with Crippen molar-refractivity contribution in [3.05, 3.63) is 59.2 Å². The lowest BCUT2D eigenvalue weighted by molar-refractivity contribution is 0.414. The Balaban J connectivity index is 1.68. The van der Waals surface area contributed by atoms with E-state index in [-0.39, 0.29) is 0 Å². The number of methoxy groups -OCH3 is 1. The van der Waals surface area contributed by atoms with Crippen molar-refractivity contribution >= 4 is 16.5 Å². The average Bonchev–Trinajstić information content (AvgIpc) is 3.02. The zero-order valence-corrected chi connectivity index (χ0v) is 13.4. The molecule has 0 aliphatic heterocycles. The largest absolute Gasteiger partial charge is 0.497 e. The molecule has 0 unspecified atom stereocenters. The van der Waals surface area contributed by atoms with Gasteiger partial charge in [0.2, 0.25) is 0 Å². The summed E-state index contributed by atoms with van der Waals surface area (Å²) >= 11 is 1.61. The molecule has 0 amide bonds. The normalized spacial score (nSPS) is 10.5. The zero-order valence-electron chi connectivity index (χ0n) is 12.5. The number of hydrogen-bond donors (Lipinski definition) is 1. The maximum Gasteiger partial charge on any atom is 0.183 e. The Bertz CT molecular complexity index is 753. The highest BCUT2D eigenvalue weighted by Gasteiger charge is 2.07. The molecule has 1 N–H and O–H groups in total. The van der Waals surface area contributed by atoms with Crippen LogP contribution in [0, 0.1) is 6.92 Å². The van der Waals surface area contributed by atoms with E-state index in [1.807, 2.05) is 36.5 Å². The summed E-state index contributed by atoms with van der Waals surface area (Å²) in [6, 6.07) is 10.0. The lowest BCUT2D eigenvalue weighted by Gasteiger charge is -2.04. The van der Waals surface area contributed by atoms with Gasteiger partial charge in [-0.3, -0.25) is 4.98 Å². The predicted molar refractivity (Wildman–Crippen MR) is 90.4 cm³/mol. The first-order valence-electron chi connectivity index (χ1n) is 6.99. The number of aryl methyl sites for hydroxylation is 1. The van der Waals surface area contributed by atoms with Crippen molar-refractivity contribution in [2.75, 3.05) is 12.4 Å². The first kappa shape index (κ1) is 14.5. The van der Waals surface area contributed by atoms with Crippen LogP contribution in [0.15, 0.2) is 48.1 Å². The van der Waals surface area contributed by atoms with Crippen LogP contribution in [0.2, 0.25) is 0 Å². The highest BCUT2D eigenvalue weighted by molar-refractivity contribution is 7.14. The van der Waals surface area contributed by atoms with Crippen molar-refractivity contribution in [1.82, 2.24) is 9.97 Å². The summed E-state index contributed by atoms with van der Waals surface area (Å²) in [5.41, 5.74) is 4.42. The first-order chi connectivity index (χ1) is 10.8. The standard InChI is InChI=1S/C17H17N3OS/c1-12-7-8-18-10-15(12)16-11-22-17(20-16)19-9-13-3-5-14(21-2)6-4-13/h3-8,10-11H,9H2,1-2H3,(H,19,20). The van der Waals surface area contributed by atoms with E-state index in [0.29, 0.717) is 0 Å². The van der Waals surface area contributed by atoms with Crippen molar-refractivity contribution < 1.29 is 4.74 Å². The predicted octanol–water partition coefficient (Wildman–Crippen LogP) is 4.13. The van der Waals surface area contributed by atoms with Crippen LogP contribution in [0.5, 0.6) is 5.75 Å². The summed E-state index contributed by atoms with van der Waals surface area (Å²) in [5.74, 6) is 0.868. The van der Waals surface area contributed by atoms with E-state index in [2.05, 4.69) is 27.6 Å². The molecule has 4 nitrogen and oxygen atoms in total. The van der Waals surface area contributed by atoms with Gasteiger partial charge in [-0.2, -0.15) is 0 Å². The molecule has 5 heteroatoms. The van der Waals surface area contributed by atoms with Gasteiger partial charge in [-0.15, -0.1) is 11.3 Å². The fourth-order valence-corrected chi connectivity index (χ4v) is 2.84. The number of ether oxygens (including phenoxy) is 1. The van der Waals surface area contributed by atoms with Crippen LogP contribution >= 0.6 is 11.3 Å². The Kier molecular flexibility index (Phi) is 4.34. The summed E-state index contributed by atoms with van der Waals surface area (Å²) in [5, 5.41) is 6.32. The summed E-state index contributed by atoms with van der Waals surface area (Å²) in [4.78, 5) is 8.81. The quantitative estimate of drug-likeness (QED) is 0.769. The summed E-state index contributed by atoms with van der Waals surface area (Å²) in [6.45, 7) is 2.81. The molecule has 3 rings (SSSR count). The van der Waals surface area contributed by atoms with Crippen LogP contribution in [-0.4, -0.2) is 17.1 Å². The van der Waals surface area contributed by atoms with Gasteiger partial charge in [0.15, 0.2) is 5.13 Å². The molecule has 0 atom stereocenters. The third-order valence-electron chi connectivity index (χ3n) is 3.42. The molecule has 0 aliphatic rings. The van der Waals surface area contributed by atoms with Crippen LogP contribution in [0.25, 0.3) is 11.3 Å². The number of aromatic nitrogens is 2. The van der Waals surface area contributed by atoms with Crippen LogP contribution < -0.4 is 10.1 Å². The minimum Gasteiger partial charge on any atom is -0.497 e. The molecule has 0 radical (unpaired) electrons. The molecule has 112 valence electrons. The molecule has 0 aliphatic carbocycles. The van der Waals surface area contributed by atoms with Gasteiger partial charge in [0, 0.05) is 29.9 Å². The van der Waals surface area contributed by atoms with Crippen molar-refractivity contribution in [2.24, 2.45) is 0 Å². The molecule has 22 heavy (non-hydrogen) atoms. The number of nitrogens with zero attached hydrogens (tertiary/aromatic N) is 2. The third kappa shape index (κ3) is 3.26. The maximum atomic E-state index is 5.16. The summed E-state index contributed by atoms with van der Waals surface area (Å²) < 4.78 is 5.16. The SMILES string of the molecule is COc1ccc(CNc2nc(-c3cnccc3C)cs2)cc1. The minimum absolute atomic E-state index is 0.739. The van der Waals surface area contributed by atoms with Gasteiger partial charge in [-0.1, -0.05) is 12.1 Å². The highest BCUT2D eigenvalue weighted by Crippen LogP contribution is 2.26. The Hall–Kier alpha value is -2.40. The number of pyridine rings is 1. The number of rotatable bonds is 5. The maximum absolute atomic E-state index is 5.16. The van der Waals surface area contributed by atoms with Gasteiger partial charge >= 0.3 is 0 Å². The highest BCUT2D eigenvalue weighted by atomic mass is 32.1. The first-order valence-corrected chi connectivity index (χ1v) is 7.87. The molecular formula is C17H17N3OS. The molecular weight excluding hydrogens is 294 g/mol. The topological polar surface area (TPSA) is 47.0 Å². The second-order valence-electron chi connectivity index (χ2n) is 4.93. The van der Waals surface area contributed by atoms with E-state index in [0.717, 1.165) is 28.7 Å². The molecule has 0 fully saturated rings. The van der Waals surface area contributed by atoms with Crippen molar-refractivity contribution in [3.63, 3.8) is 0 Å². The lowest BCUT2D eigenvalue weighted by Crippen LogP contribution is -1.99. The average molecular weight is 311 g/mol. The minimum atomic E-state index is 0.739. The monoisotopic (exact) mass is 311 g/mol. The van der Waals surface area contributed by atoms with Gasteiger partial charge in [-0.25, -0.2) is 4.98 Å². The van der Waals surface area contributed by atoms with Crippen LogP contribution in [0.3, 0.4) is 0 Å². The van der Waals surface area contributed by atoms with Gasteiger partial charge in [-0.05, 0) is 36.2 Å². The van der Waals surface area contributed by atoms with Crippen molar-refractivity contribution in [1.29, 1.82) is 0 Å². The van der Waals surface area contributed by atoms with Gasteiger partial charge in [0.1, 0.15) is 5.75 Å². The molecule has 2 aromatic heterocycles. The molecule has 0 bridgehead atoms. The van der Waals surface area contributed by atoms with E-state index in [1.54, 1.807) is 24.6 Å². The molecule has 0 saturated heterocycles. The fraction of sp³-hybridized carbons (Fsp3) is 0.176. The smallest absolute Gasteiger partial charge is 0.183 e. The summed E-state index contributed by atoms with van der Waals surface area (Å²) in [7, 11) is 1.67. The molecule has 1 aromatic carbocycles. The Morgan fingerprint density at radius 1 is 1.18 bits per heavy atom. The van der Waals surface area contributed by atoms with E-state index < -0.39 is 0 Å². The Morgan fingerprint density at radius 2 is 2.00 bits per heavy atom. The number of thiazole rings is 1. The van der Waals surface area contributed by atoms with Crippen molar-refractivity contribution in [2.45, 2.75) is 13.5 Å². The number of nitrogens with one attached hydrogen (secondary N) is 1. The number of benzene rings is 1. The zero-order chi connectivity index (χ0) is 15.4. The second kappa shape index (κ2) is 6.58. The van der Waals surface area contributed by atoms with Crippen LogP contribution in [0.1, 0.15) is 11.1 Å². The Morgan fingerprint density at radius 3 is 2.73 bits per heavy atom. The number of anilines is 1. The van der Waals surface area contributed by atoms with Gasteiger partial charge in [0.25, 0.3) is 0 Å². The fourth-order valence-electron chi connectivity index (χ4n) is 2.13. The summed E-state index contributed by atoms with van der Waals surface area (Å²) in [6.07, 6.45) is 3.66. The Labute approximate surface area is 133 Å². The number of hydrogen-bond acceptors (Lipinski definition) is 5. The van der Waals surface area contributed by atoms with E-state index in [9.17, 15) is 0 Å². The van der Waals surface area contributed by atoms with Gasteiger partial charge < -0.3 is 10.1 Å². The molecule has 0 saturated carbocycles. The van der Waals surface area contributed by atoms with Gasteiger partial charge in [0.05, 0.1) is 12.8 Å². The van der Waals surface area contributed by atoms with E-state index >= 15 is 0 Å². The van der Waals surface area contributed by atoms with E-state index in [1.165, 1.54) is 11.1 Å².